The molecule has 160 valence electrons. The summed E-state index contributed by atoms with van der Waals surface area (Å²) in [5, 5.41) is 12.2. The molecule has 2 aromatic carbocycles. The van der Waals surface area contributed by atoms with Crippen LogP contribution in [0.2, 0.25) is 0 Å². The molecule has 0 saturated carbocycles. The van der Waals surface area contributed by atoms with Crippen LogP contribution >= 0.6 is 0 Å². The molecule has 0 aliphatic carbocycles. The maximum Gasteiger partial charge on any atom is 0.286 e. The van der Waals surface area contributed by atoms with Crippen LogP contribution in [0.3, 0.4) is 0 Å². The van der Waals surface area contributed by atoms with Gasteiger partial charge in [-0.15, -0.1) is 0 Å². The van der Waals surface area contributed by atoms with Gasteiger partial charge < -0.3 is 19.9 Å². The first kappa shape index (κ1) is 22.0. The van der Waals surface area contributed by atoms with Gasteiger partial charge in [-0.2, -0.15) is 0 Å². The van der Waals surface area contributed by atoms with Gasteiger partial charge in [-0.25, -0.2) is 4.39 Å². The van der Waals surface area contributed by atoms with Crippen molar-refractivity contribution in [3.63, 3.8) is 0 Å². The fraction of sp³-hybridized carbons (Fsp3) is 0.375. The summed E-state index contributed by atoms with van der Waals surface area (Å²) < 4.78 is 25.2. The lowest BCUT2D eigenvalue weighted by Gasteiger charge is -2.37. The molecule has 0 unspecified atom stereocenters. The Morgan fingerprint density at radius 3 is 2.57 bits per heavy atom. The number of halogens is 1. The summed E-state index contributed by atoms with van der Waals surface area (Å²) in [5.41, 5.74) is 1.86. The third-order valence-electron chi connectivity index (χ3n) is 5.19. The molecule has 5 nitrogen and oxygen atoms in total. The first-order valence-electron chi connectivity index (χ1n) is 10.3. The van der Waals surface area contributed by atoms with Gasteiger partial charge in [0.05, 0.1) is 0 Å². The Morgan fingerprint density at radius 2 is 1.90 bits per heavy atom. The zero-order valence-electron chi connectivity index (χ0n) is 17.1. The largest absolute Gasteiger partial charge is 0.459 e. The predicted molar refractivity (Wildman–Crippen MR) is 112 cm³/mol. The van der Waals surface area contributed by atoms with Crippen LogP contribution in [0.4, 0.5) is 4.39 Å². The zero-order chi connectivity index (χ0) is 21.3. The molecule has 3 rings (SSSR count). The summed E-state index contributed by atoms with van der Waals surface area (Å²) in [6.45, 7) is 2.73. The van der Waals surface area contributed by atoms with Crippen molar-refractivity contribution in [3.05, 3.63) is 83.4 Å². The Morgan fingerprint density at radius 1 is 1.17 bits per heavy atom. The van der Waals surface area contributed by atoms with Crippen LogP contribution in [-0.2, 0) is 20.8 Å². The van der Waals surface area contributed by atoms with E-state index in [4.69, 9.17) is 9.47 Å². The highest BCUT2D eigenvalue weighted by Gasteiger charge is 2.37. The van der Waals surface area contributed by atoms with Crippen LogP contribution < -0.4 is 5.32 Å². The molecule has 1 aliphatic rings. The maximum absolute atomic E-state index is 13.5. The van der Waals surface area contributed by atoms with E-state index in [0.717, 1.165) is 11.1 Å². The zero-order valence-corrected chi connectivity index (χ0v) is 17.1. The number of amides is 1. The van der Waals surface area contributed by atoms with Gasteiger partial charge in [0.2, 0.25) is 6.29 Å². The second-order valence-corrected chi connectivity index (χ2v) is 7.25. The monoisotopic (exact) mass is 413 g/mol. The van der Waals surface area contributed by atoms with Gasteiger partial charge in [0, 0.05) is 31.6 Å². The van der Waals surface area contributed by atoms with Gasteiger partial charge in [-0.05, 0) is 49.1 Å². The number of hydrogen-bond acceptors (Lipinski definition) is 4. The Balaban J connectivity index is 1.85. The van der Waals surface area contributed by atoms with Crippen molar-refractivity contribution in [1.29, 1.82) is 0 Å². The molecule has 0 spiro atoms. The number of aliphatic hydroxyl groups is 1. The SMILES string of the molecule is CCO[C@@H]1OC(C(=O)NCc2ccccc2)=C[C@H](c2ccc(F)cc2)[C@@H]1CCCO. The lowest BCUT2D eigenvalue weighted by atomic mass is 9.80. The Bertz CT molecular complexity index is 838. The number of rotatable bonds is 9. The Labute approximate surface area is 176 Å². The van der Waals surface area contributed by atoms with Crippen molar-refractivity contribution in [2.45, 2.75) is 38.5 Å². The van der Waals surface area contributed by atoms with Crippen LogP contribution in [0.1, 0.15) is 36.8 Å². The molecule has 0 bridgehead atoms. The van der Waals surface area contributed by atoms with Crippen molar-refractivity contribution in [2.75, 3.05) is 13.2 Å². The van der Waals surface area contributed by atoms with Crippen LogP contribution in [0.25, 0.3) is 0 Å². The summed E-state index contributed by atoms with van der Waals surface area (Å²) in [6.07, 6.45) is 2.39. The van der Waals surface area contributed by atoms with Crippen molar-refractivity contribution in [1.82, 2.24) is 5.32 Å². The molecule has 0 aromatic heterocycles. The second-order valence-electron chi connectivity index (χ2n) is 7.25. The molecule has 1 heterocycles. The minimum atomic E-state index is -0.626. The van der Waals surface area contributed by atoms with Crippen LogP contribution in [-0.4, -0.2) is 30.5 Å². The van der Waals surface area contributed by atoms with Crippen LogP contribution in [0, 0.1) is 11.7 Å². The molecule has 6 heteroatoms. The van der Waals surface area contributed by atoms with E-state index in [2.05, 4.69) is 5.32 Å². The average molecular weight is 413 g/mol. The van der Waals surface area contributed by atoms with Gasteiger partial charge in [0.1, 0.15) is 5.82 Å². The highest BCUT2D eigenvalue weighted by molar-refractivity contribution is 5.91. The van der Waals surface area contributed by atoms with Gasteiger partial charge in [0.25, 0.3) is 5.91 Å². The number of carbonyl (C=O) groups is 1. The van der Waals surface area contributed by atoms with Crippen LogP contribution in [0.15, 0.2) is 66.4 Å². The fourth-order valence-electron chi connectivity index (χ4n) is 3.70. The van der Waals surface area contributed by atoms with Crippen molar-refractivity contribution in [2.24, 2.45) is 5.92 Å². The summed E-state index contributed by atoms with van der Waals surface area (Å²) in [6, 6.07) is 15.9. The summed E-state index contributed by atoms with van der Waals surface area (Å²) >= 11 is 0. The van der Waals surface area contributed by atoms with Gasteiger partial charge >= 0.3 is 0 Å². The molecular formula is C24H28FNO4. The number of carbonyl (C=O) groups excluding carboxylic acids is 1. The number of nitrogens with one attached hydrogen (secondary N) is 1. The normalized spacial score (nSPS) is 20.9. The second kappa shape index (κ2) is 10.9. The van der Waals surface area contributed by atoms with Crippen molar-refractivity contribution >= 4 is 5.91 Å². The predicted octanol–water partition coefficient (Wildman–Crippen LogP) is 3.89. The Kier molecular flexibility index (Phi) is 7.99. The topological polar surface area (TPSA) is 67.8 Å². The molecule has 0 radical (unpaired) electrons. The van der Waals surface area contributed by atoms with E-state index in [1.54, 1.807) is 18.2 Å². The Hall–Kier alpha value is -2.70. The molecule has 3 atom stereocenters. The third kappa shape index (κ3) is 5.68. The summed E-state index contributed by atoms with van der Waals surface area (Å²) in [4.78, 5) is 12.8. The summed E-state index contributed by atoms with van der Waals surface area (Å²) in [5.74, 6) is -0.743. The molecule has 1 aliphatic heterocycles. The first-order chi connectivity index (χ1) is 14.6. The van der Waals surface area contributed by atoms with Gasteiger partial charge in [0.15, 0.2) is 5.76 Å². The van der Waals surface area contributed by atoms with Crippen molar-refractivity contribution < 1.29 is 23.8 Å². The smallest absolute Gasteiger partial charge is 0.286 e. The molecule has 30 heavy (non-hydrogen) atoms. The van der Waals surface area contributed by atoms with E-state index in [1.165, 1.54) is 12.1 Å². The van der Waals surface area contributed by atoms with Crippen molar-refractivity contribution in [3.8, 4) is 0 Å². The number of hydrogen-bond donors (Lipinski definition) is 2. The number of aliphatic hydroxyl groups excluding tert-OH is 1. The quantitative estimate of drug-likeness (QED) is 0.655. The molecular weight excluding hydrogens is 385 g/mol. The van der Waals surface area contributed by atoms with Gasteiger partial charge in [-0.1, -0.05) is 42.5 Å². The number of ether oxygens (including phenoxy) is 2. The molecule has 2 aromatic rings. The van der Waals surface area contributed by atoms with E-state index in [-0.39, 0.29) is 35.9 Å². The van der Waals surface area contributed by atoms with E-state index < -0.39 is 6.29 Å². The van der Waals surface area contributed by atoms with E-state index in [9.17, 15) is 14.3 Å². The molecule has 0 fully saturated rings. The standard InChI is InChI=1S/C24H28FNO4/c1-2-29-24-20(9-6-14-27)21(18-10-12-19(25)13-11-18)15-22(30-24)23(28)26-16-17-7-4-3-5-8-17/h3-5,7-8,10-13,15,20-21,24,27H,2,6,9,14,16H2,1H3,(H,26,28)/t20-,21+,24+/m0/s1. The highest BCUT2D eigenvalue weighted by Crippen LogP contribution is 2.39. The summed E-state index contributed by atoms with van der Waals surface area (Å²) in [7, 11) is 0. The molecule has 0 saturated heterocycles. The molecule has 1 amide bonds. The fourth-order valence-corrected chi connectivity index (χ4v) is 3.70. The first-order valence-corrected chi connectivity index (χ1v) is 10.3. The number of allylic oxidation sites excluding steroid dienone is 1. The number of benzene rings is 2. The van der Waals surface area contributed by atoms with E-state index in [0.29, 0.717) is 26.0 Å². The van der Waals surface area contributed by atoms with Crippen LogP contribution in [0.5, 0.6) is 0 Å². The third-order valence-corrected chi connectivity index (χ3v) is 5.19. The highest BCUT2D eigenvalue weighted by atomic mass is 19.1. The average Bonchev–Trinajstić information content (AvgIpc) is 2.77. The van der Waals surface area contributed by atoms with E-state index in [1.807, 2.05) is 37.3 Å². The molecule has 2 N–H and O–H groups in total. The lowest BCUT2D eigenvalue weighted by Crippen LogP contribution is -2.39. The lowest BCUT2D eigenvalue weighted by molar-refractivity contribution is -0.166. The van der Waals surface area contributed by atoms with Gasteiger partial charge in [-0.3, -0.25) is 4.79 Å². The minimum Gasteiger partial charge on any atom is -0.459 e. The maximum atomic E-state index is 13.5. The van der Waals surface area contributed by atoms with E-state index >= 15 is 0 Å². The minimum absolute atomic E-state index is 0.0552.